The lowest BCUT2D eigenvalue weighted by molar-refractivity contribution is 0.740. The summed E-state index contributed by atoms with van der Waals surface area (Å²) in [6, 6.07) is 5.50. The SMILES string of the molecule is C#Cc1c2c(nn1C)N(c1ccc(Cl)cc1Cl)CCC2. The highest BCUT2D eigenvalue weighted by atomic mass is 35.5. The first-order valence-electron chi connectivity index (χ1n) is 6.37. The Hall–Kier alpha value is -1.63. The smallest absolute Gasteiger partial charge is 0.159 e. The summed E-state index contributed by atoms with van der Waals surface area (Å²) in [7, 11) is 1.87. The van der Waals surface area contributed by atoms with Crippen LogP contribution < -0.4 is 4.90 Å². The van der Waals surface area contributed by atoms with Crippen LogP contribution in [0.15, 0.2) is 18.2 Å². The fourth-order valence-electron chi connectivity index (χ4n) is 2.64. The van der Waals surface area contributed by atoms with Gasteiger partial charge in [-0.25, -0.2) is 0 Å². The fraction of sp³-hybridized carbons (Fsp3) is 0.267. The van der Waals surface area contributed by atoms with E-state index in [9.17, 15) is 0 Å². The zero-order valence-corrected chi connectivity index (χ0v) is 12.5. The molecule has 3 rings (SSSR count). The van der Waals surface area contributed by atoms with Gasteiger partial charge in [0.05, 0.1) is 10.7 Å². The molecular weight excluding hydrogens is 293 g/mol. The third kappa shape index (κ3) is 2.06. The van der Waals surface area contributed by atoms with Gasteiger partial charge in [0.25, 0.3) is 0 Å². The van der Waals surface area contributed by atoms with Gasteiger partial charge in [0.2, 0.25) is 0 Å². The van der Waals surface area contributed by atoms with Crippen LogP contribution in [0.1, 0.15) is 17.7 Å². The van der Waals surface area contributed by atoms with Crippen LogP contribution in [0.2, 0.25) is 10.0 Å². The monoisotopic (exact) mass is 305 g/mol. The molecule has 2 aromatic rings. The molecule has 2 heterocycles. The van der Waals surface area contributed by atoms with E-state index in [-0.39, 0.29) is 0 Å². The molecule has 0 saturated carbocycles. The van der Waals surface area contributed by atoms with E-state index in [2.05, 4.69) is 15.9 Å². The van der Waals surface area contributed by atoms with Crippen LogP contribution in [0.5, 0.6) is 0 Å². The van der Waals surface area contributed by atoms with E-state index in [0.29, 0.717) is 10.0 Å². The maximum Gasteiger partial charge on any atom is 0.159 e. The van der Waals surface area contributed by atoms with Gasteiger partial charge in [0, 0.05) is 24.2 Å². The van der Waals surface area contributed by atoms with Crippen LogP contribution in [0.4, 0.5) is 11.5 Å². The molecule has 0 fully saturated rings. The average molecular weight is 306 g/mol. The number of hydrogen-bond donors (Lipinski definition) is 0. The molecule has 5 heteroatoms. The highest BCUT2D eigenvalue weighted by molar-refractivity contribution is 6.36. The van der Waals surface area contributed by atoms with Crippen molar-refractivity contribution in [3.63, 3.8) is 0 Å². The Morgan fingerprint density at radius 1 is 1.35 bits per heavy atom. The first-order chi connectivity index (χ1) is 9.61. The lowest BCUT2D eigenvalue weighted by Gasteiger charge is -2.28. The number of benzene rings is 1. The van der Waals surface area contributed by atoms with Gasteiger partial charge in [-0.3, -0.25) is 4.68 Å². The topological polar surface area (TPSA) is 21.1 Å². The second kappa shape index (κ2) is 5.05. The molecule has 20 heavy (non-hydrogen) atoms. The number of terminal acetylenes is 1. The van der Waals surface area contributed by atoms with Gasteiger partial charge in [0.1, 0.15) is 5.69 Å². The molecule has 0 atom stereocenters. The third-order valence-electron chi connectivity index (χ3n) is 3.53. The number of fused-ring (bicyclic) bond motifs is 1. The van der Waals surface area contributed by atoms with Crippen molar-refractivity contribution >= 4 is 34.7 Å². The molecule has 0 aliphatic carbocycles. The van der Waals surface area contributed by atoms with E-state index < -0.39 is 0 Å². The molecular formula is C15H13Cl2N3. The maximum atomic E-state index is 6.31. The minimum atomic E-state index is 0.623. The summed E-state index contributed by atoms with van der Waals surface area (Å²) in [5.74, 6) is 3.62. The Bertz CT molecular complexity index is 713. The average Bonchev–Trinajstić information content (AvgIpc) is 2.74. The first-order valence-corrected chi connectivity index (χ1v) is 7.12. The Morgan fingerprint density at radius 2 is 2.15 bits per heavy atom. The summed E-state index contributed by atoms with van der Waals surface area (Å²) < 4.78 is 1.76. The number of hydrogen-bond acceptors (Lipinski definition) is 2. The van der Waals surface area contributed by atoms with Gasteiger partial charge in [-0.2, -0.15) is 5.10 Å². The number of halogens is 2. The van der Waals surface area contributed by atoms with Gasteiger partial charge in [-0.15, -0.1) is 6.42 Å². The van der Waals surface area contributed by atoms with Crippen molar-refractivity contribution in [3.8, 4) is 12.3 Å². The van der Waals surface area contributed by atoms with Crippen molar-refractivity contribution in [3.05, 3.63) is 39.5 Å². The normalized spacial score (nSPS) is 14.0. The van der Waals surface area contributed by atoms with E-state index in [1.165, 1.54) is 0 Å². The van der Waals surface area contributed by atoms with Crippen LogP contribution >= 0.6 is 23.2 Å². The largest absolute Gasteiger partial charge is 0.323 e. The van der Waals surface area contributed by atoms with Crippen molar-refractivity contribution in [2.45, 2.75) is 12.8 Å². The van der Waals surface area contributed by atoms with E-state index in [0.717, 1.165) is 42.1 Å². The van der Waals surface area contributed by atoms with Crippen LogP contribution in [0.3, 0.4) is 0 Å². The van der Waals surface area contributed by atoms with Gasteiger partial charge < -0.3 is 4.90 Å². The summed E-state index contributed by atoms with van der Waals surface area (Å²) in [5.41, 5.74) is 2.88. The molecule has 1 aliphatic rings. The summed E-state index contributed by atoms with van der Waals surface area (Å²) in [6.45, 7) is 0.870. The zero-order chi connectivity index (χ0) is 14.3. The highest BCUT2D eigenvalue weighted by Gasteiger charge is 2.26. The van der Waals surface area contributed by atoms with Gasteiger partial charge in [-0.05, 0) is 31.0 Å². The van der Waals surface area contributed by atoms with E-state index in [1.807, 2.05) is 19.2 Å². The van der Waals surface area contributed by atoms with Crippen LogP contribution in [-0.4, -0.2) is 16.3 Å². The van der Waals surface area contributed by atoms with Gasteiger partial charge in [-0.1, -0.05) is 29.1 Å². The molecule has 0 unspecified atom stereocenters. The molecule has 1 aromatic carbocycles. The molecule has 0 radical (unpaired) electrons. The van der Waals surface area contributed by atoms with Crippen molar-refractivity contribution in [1.29, 1.82) is 0 Å². The molecule has 0 amide bonds. The van der Waals surface area contributed by atoms with E-state index in [1.54, 1.807) is 10.7 Å². The van der Waals surface area contributed by atoms with Crippen molar-refractivity contribution in [2.75, 3.05) is 11.4 Å². The molecule has 102 valence electrons. The molecule has 1 aliphatic heterocycles. The van der Waals surface area contributed by atoms with Crippen LogP contribution in [0.25, 0.3) is 0 Å². The Labute approximate surface area is 128 Å². The molecule has 1 aromatic heterocycles. The summed E-state index contributed by atoms with van der Waals surface area (Å²) >= 11 is 12.3. The summed E-state index contributed by atoms with van der Waals surface area (Å²) in [6.07, 6.45) is 7.55. The second-order valence-corrected chi connectivity index (χ2v) is 5.61. The Morgan fingerprint density at radius 3 is 2.85 bits per heavy atom. The van der Waals surface area contributed by atoms with Crippen molar-refractivity contribution in [1.82, 2.24) is 9.78 Å². The maximum absolute atomic E-state index is 6.31. The Kier molecular flexibility index (Phi) is 3.37. The van der Waals surface area contributed by atoms with E-state index in [4.69, 9.17) is 29.6 Å². The lowest BCUT2D eigenvalue weighted by atomic mass is 10.0. The minimum absolute atomic E-state index is 0.623. The van der Waals surface area contributed by atoms with Gasteiger partial charge in [0.15, 0.2) is 5.82 Å². The van der Waals surface area contributed by atoms with Crippen molar-refractivity contribution in [2.24, 2.45) is 7.05 Å². The quantitative estimate of drug-likeness (QED) is 0.747. The first kappa shape index (κ1) is 13.4. The number of rotatable bonds is 1. The molecule has 0 saturated heterocycles. The molecule has 0 N–H and O–H groups in total. The van der Waals surface area contributed by atoms with E-state index >= 15 is 0 Å². The summed E-state index contributed by atoms with van der Waals surface area (Å²) in [4.78, 5) is 2.11. The second-order valence-electron chi connectivity index (χ2n) is 4.77. The predicted octanol–water partition coefficient (Wildman–Crippen LogP) is 3.79. The Balaban J connectivity index is 2.13. The highest BCUT2D eigenvalue weighted by Crippen LogP contribution is 2.38. The molecule has 0 bridgehead atoms. The number of nitrogens with zero attached hydrogens (tertiary/aromatic N) is 3. The summed E-state index contributed by atoms with van der Waals surface area (Å²) in [5, 5.41) is 5.80. The standard InChI is InChI=1S/C15H13Cl2N3/c1-3-13-11-5-4-8-20(15(11)18-19(13)2)14-7-6-10(16)9-12(14)17/h1,6-7,9H,4-5,8H2,2H3. The molecule has 0 spiro atoms. The van der Waals surface area contributed by atoms with Crippen LogP contribution in [0, 0.1) is 12.3 Å². The van der Waals surface area contributed by atoms with Crippen molar-refractivity contribution < 1.29 is 0 Å². The lowest BCUT2D eigenvalue weighted by Crippen LogP contribution is -2.24. The molecule has 3 nitrogen and oxygen atoms in total. The zero-order valence-electron chi connectivity index (χ0n) is 11.0. The fourth-order valence-corrected chi connectivity index (χ4v) is 3.15. The number of aromatic nitrogens is 2. The number of anilines is 2. The third-order valence-corrected chi connectivity index (χ3v) is 4.06. The van der Waals surface area contributed by atoms with Crippen LogP contribution in [-0.2, 0) is 13.5 Å². The van der Waals surface area contributed by atoms with Gasteiger partial charge >= 0.3 is 0 Å². The predicted molar refractivity (Wildman–Crippen MR) is 82.9 cm³/mol. The minimum Gasteiger partial charge on any atom is -0.323 e. The number of aryl methyl sites for hydroxylation is 1.